The van der Waals surface area contributed by atoms with Gasteiger partial charge in [-0.1, -0.05) is 12.1 Å². The van der Waals surface area contributed by atoms with Crippen molar-refractivity contribution >= 4 is 5.97 Å². The van der Waals surface area contributed by atoms with Crippen LogP contribution < -0.4 is 4.74 Å². The average Bonchev–Trinajstić information content (AvgIpc) is 2.40. The van der Waals surface area contributed by atoms with Crippen LogP contribution in [0.4, 0.5) is 0 Å². The van der Waals surface area contributed by atoms with E-state index in [9.17, 15) is 4.79 Å². The van der Waals surface area contributed by atoms with Gasteiger partial charge in [0, 0.05) is 12.5 Å². The summed E-state index contributed by atoms with van der Waals surface area (Å²) in [4.78, 5) is 10.8. The summed E-state index contributed by atoms with van der Waals surface area (Å²) in [5.41, 5.74) is 0. The molecule has 4 nitrogen and oxygen atoms in total. The van der Waals surface area contributed by atoms with E-state index in [0.717, 1.165) is 6.42 Å². The third-order valence-corrected chi connectivity index (χ3v) is 1.08. The van der Waals surface area contributed by atoms with E-state index in [-0.39, 0.29) is 11.9 Å². The number of nitrogens with zero attached hydrogens (tertiary/aromatic N) is 1. The standard InChI is InChI=1S/C7H9NO3/c1-2-3-6(9)10-7-4-5-8-11-7/h4-5H,2-3H2,1H3. The van der Waals surface area contributed by atoms with Crippen LogP contribution in [0, 0.1) is 0 Å². The maximum absolute atomic E-state index is 10.8. The van der Waals surface area contributed by atoms with Crippen LogP contribution in [0.3, 0.4) is 0 Å². The van der Waals surface area contributed by atoms with Crippen molar-refractivity contribution < 1.29 is 14.1 Å². The van der Waals surface area contributed by atoms with Crippen LogP contribution in [0.15, 0.2) is 16.8 Å². The molecule has 0 radical (unpaired) electrons. The molecule has 0 atom stereocenters. The molecule has 0 aliphatic rings. The molecule has 0 amide bonds. The van der Waals surface area contributed by atoms with Gasteiger partial charge in [-0.25, -0.2) is 0 Å². The molecule has 1 rings (SSSR count). The molecule has 0 unspecified atom stereocenters. The summed E-state index contributed by atoms with van der Waals surface area (Å²) in [5.74, 6) is -0.132. The van der Waals surface area contributed by atoms with E-state index in [2.05, 4.69) is 9.68 Å². The SMILES string of the molecule is CCCC(=O)Oc1ccno1. The zero-order valence-electron chi connectivity index (χ0n) is 6.24. The normalized spacial score (nSPS) is 9.55. The van der Waals surface area contributed by atoms with Gasteiger partial charge in [0.25, 0.3) is 0 Å². The Hall–Kier alpha value is -1.32. The van der Waals surface area contributed by atoms with Crippen LogP contribution in [-0.4, -0.2) is 11.1 Å². The summed E-state index contributed by atoms with van der Waals surface area (Å²) in [5, 5.41) is 3.38. The second kappa shape index (κ2) is 3.75. The molecule has 0 aromatic carbocycles. The Morgan fingerprint density at radius 1 is 1.82 bits per heavy atom. The fraction of sp³-hybridized carbons (Fsp3) is 0.429. The maximum atomic E-state index is 10.8. The highest BCUT2D eigenvalue weighted by Crippen LogP contribution is 2.08. The Bertz CT molecular complexity index is 218. The van der Waals surface area contributed by atoms with Crippen LogP contribution in [0.5, 0.6) is 5.95 Å². The molecular weight excluding hydrogens is 146 g/mol. The van der Waals surface area contributed by atoms with Gasteiger partial charge in [-0.15, -0.1) is 0 Å². The van der Waals surface area contributed by atoms with Gasteiger partial charge in [-0.2, -0.15) is 0 Å². The van der Waals surface area contributed by atoms with Gasteiger partial charge in [0.2, 0.25) is 0 Å². The lowest BCUT2D eigenvalue weighted by molar-refractivity contribution is -0.135. The first-order valence-corrected chi connectivity index (χ1v) is 3.44. The van der Waals surface area contributed by atoms with Crippen molar-refractivity contribution in [3.63, 3.8) is 0 Å². The Balaban J connectivity index is 2.37. The number of aromatic nitrogens is 1. The van der Waals surface area contributed by atoms with Crippen molar-refractivity contribution in [2.24, 2.45) is 0 Å². The largest absolute Gasteiger partial charge is 0.391 e. The second-order valence-corrected chi connectivity index (χ2v) is 2.06. The van der Waals surface area contributed by atoms with Gasteiger partial charge in [0.15, 0.2) is 0 Å². The number of carbonyl (C=O) groups excluding carboxylic acids is 1. The van der Waals surface area contributed by atoms with Gasteiger partial charge in [-0.05, 0) is 6.42 Å². The molecule has 1 aromatic rings. The zero-order valence-corrected chi connectivity index (χ0v) is 6.24. The monoisotopic (exact) mass is 155 g/mol. The minimum absolute atomic E-state index is 0.156. The highest BCUT2D eigenvalue weighted by Gasteiger charge is 2.04. The van der Waals surface area contributed by atoms with Crippen LogP contribution >= 0.6 is 0 Å². The Morgan fingerprint density at radius 2 is 2.64 bits per heavy atom. The molecule has 0 bridgehead atoms. The third-order valence-electron chi connectivity index (χ3n) is 1.08. The average molecular weight is 155 g/mol. The fourth-order valence-electron chi connectivity index (χ4n) is 0.624. The molecule has 0 aliphatic heterocycles. The van der Waals surface area contributed by atoms with Crippen LogP contribution in [0.1, 0.15) is 19.8 Å². The lowest BCUT2D eigenvalue weighted by Crippen LogP contribution is -2.05. The molecule has 60 valence electrons. The number of ether oxygens (including phenoxy) is 1. The van der Waals surface area contributed by atoms with E-state index in [4.69, 9.17) is 4.74 Å². The smallest absolute Gasteiger partial charge is 0.318 e. The molecule has 0 spiro atoms. The maximum Gasteiger partial charge on any atom is 0.318 e. The molecule has 0 aliphatic carbocycles. The minimum atomic E-state index is -0.288. The van der Waals surface area contributed by atoms with Crippen LogP contribution in [0.25, 0.3) is 0 Å². The predicted molar refractivity (Wildman–Crippen MR) is 37.0 cm³/mol. The Kier molecular flexibility index (Phi) is 2.66. The number of carbonyl (C=O) groups is 1. The number of rotatable bonds is 3. The summed E-state index contributed by atoms with van der Waals surface area (Å²) >= 11 is 0. The summed E-state index contributed by atoms with van der Waals surface area (Å²) < 4.78 is 9.28. The molecule has 0 N–H and O–H groups in total. The number of hydrogen-bond donors (Lipinski definition) is 0. The summed E-state index contributed by atoms with van der Waals surface area (Å²) in [7, 11) is 0. The topological polar surface area (TPSA) is 52.3 Å². The first-order valence-electron chi connectivity index (χ1n) is 3.44. The van der Waals surface area contributed by atoms with Crippen molar-refractivity contribution in [1.29, 1.82) is 0 Å². The van der Waals surface area contributed by atoms with Crippen molar-refractivity contribution in [2.75, 3.05) is 0 Å². The van der Waals surface area contributed by atoms with Gasteiger partial charge in [0.05, 0.1) is 6.20 Å². The number of esters is 1. The van der Waals surface area contributed by atoms with E-state index < -0.39 is 0 Å². The summed E-state index contributed by atoms with van der Waals surface area (Å²) in [6.45, 7) is 1.90. The molecular formula is C7H9NO3. The highest BCUT2D eigenvalue weighted by atomic mass is 16.6. The molecule has 0 fully saturated rings. The van der Waals surface area contributed by atoms with Crippen molar-refractivity contribution in [3.05, 3.63) is 12.3 Å². The van der Waals surface area contributed by atoms with Gasteiger partial charge >= 0.3 is 11.9 Å². The van der Waals surface area contributed by atoms with E-state index in [0.29, 0.717) is 6.42 Å². The van der Waals surface area contributed by atoms with Crippen molar-refractivity contribution in [1.82, 2.24) is 5.16 Å². The quantitative estimate of drug-likeness (QED) is 0.619. The van der Waals surface area contributed by atoms with E-state index in [1.807, 2.05) is 6.92 Å². The lowest BCUT2D eigenvalue weighted by Gasteiger charge is -1.95. The summed E-state index contributed by atoms with van der Waals surface area (Å²) in [6, 6.07) is 1.49. The van der Waals surface area contributed by atoms with Gasteiger partial charge in [0.1, 0.15) is 0 Å². The zero-order chi connectivity index (χ0) is 8.10. The molecule has 0 saturated heterocycles. The molecule has 1 aromatic heterocycles. The van der Waals surface area contributed by atoms with E-state index >= 15 is 0 Å². The Labute approximate surface area is 64.1 Å². The fourth-order valence-corrected chi connectivity index (χ4v) is 0.624. The predicted octanol–water partition coefficient (Wildman–Crippen LogP) is 1.38. The second-order valence-electron chi connectivity index (χ2n) is 2.06. The van der Waals surface area contributed by atoms with Crippen LogP contribution in [-0.2, 0) is 4.79 Å². The summed E-state index contributed by atoms with van der Waals surface area (Å²) in [6.07, 6.45) is 2.60. The van der Waals surface area contributed by atoms with E-state index in [1.165, 1.54) is 12.3 Å². The third kappa shape index (κ3) is 2.41. The van der Waals surface area contributed by atoms with Crippen molar-refractivity contribution in [2.45, 2.75) is 19.8 Å². The highest BCUT2D eigenvalue weighted by molar-refractivity contribution is 5.71. The minimum Gasteiger partial charge on any atom is -0.391 e. The van der Waals surface area contributed by atoms with Crippen molar-refractivity contribution in [3.8, 4) is 5.95 Å². The molecule has 1 heterocycles. The van der Waals surface area contributed by atoms with E-state index in [1.54, 1.807) is 0 Å². The molecule has 11 heavy (non-hydrogen) atoms. The molecule has 0 saturated carbocycles. The van der Waals surface area contributed by atoms with Gasteiger partial charge < -0.3 is 9.26 Å². The first-order chi connectivity index (χ1) is 5.33. The molecule has 4 heteroatoms. The number of hydrogen-bond acceptors (Lipinski definition) is 4. The lowest BCUT2D eigenvalue weighted by atomic mass is 10.3. The first kappa shape index (κ1) is 7.78. The van der Waals surface area contributed by atoms with Gasteiger partial charge in [-0.3, -0.25) is 4.79 Å². The van der Waals surface area contributed by atoms with Crippen LogP contribution in [0.2, 0.25) is 0 Å². The Morgan fingerprint density at radius 3 is 3.18 bits per heavy atom.